The number of carbonyl (C=O) groups is 3. The Bertz CT molecular complexity index is 1360. The molecular formula is C28H24F3NO7. The minimum atomic E-state index is -4.66. The summed E-state index contributed by atoms with van der Waals surface area (Å²) in [5.41, 5.74) is -0.247. The number of esters is 1. The highest BCUT2D eigenvalue weighted by molar-refractivity contribution is 6.04. The zero-order chi connectivity index (χ0) is 28.2. The van der Waals surface area contributed by atoms with Gasteiger partial charge in [-0.05, 0) is 35.4 Å². The van der Waals surface area contributed by atoms with Gasteiger partial charge >= 0.3 is 18.2 Å². The summed E-state index contributed by atoms with van der Waals surface area (Å²) < 4.78 is 61.6. The molecule has 3 aromatic carbocycles. The number of fused-ring (bicyclic) bond motifs is 1. The monoisotopic (exact) mass is 543 g/mol. The van der Waals surface area contributed by atoms with Crippen molar-refractivity contribution in [1.82, 2.24) is 5.32 Å². The van der Waals surface area contributed by atoms with Crippen LogP contribution in [0.3, 0.4) is 0 Å². The van der Waals surface area contributed by atoms with E-state index in [2.05, 4.69) is 5.32 Å². The fourth-order valence-corrected chi connectivity index (χ4v) is 4.15. The number of nitrogens with one attached hydrogen (secondary N) is 1. The third kappa shape index (κ3) is 6.31. The molecule has 0 radical (unpaired) electrons. The van der Waals surface area contributed by atoms with Crippen LogP contribution < -0.4 is 14.8 Å². The molecule has 4 rings (SSSR count). The van der Waals surface area contributed by atoms with Crippen molar-refractivity contribution in [2.75, 3.05) is 14.2 Å². The van der Waals surface area contributed by atoms with Crippen molar-refractivity contribution in [2.24, 2.45) is 0 Å². The number of ether oxygens (including phenoxy) is 4. The molecule has 3 aromatic rings. The van der Waals surface area contributed by atoms with Gasteiger partial charge in [-0.1, -0.05) is 42.5 Å². The number of carbonyl (C=O) groups excluding carboxylic acids is 3. The molecule has 204 valence electrons. The summed E-state index contributed by atoms with van der Waals surface area (Å²) in [5, 5.41) is 2.39. The van der Waals surface area contributed by atoms with E-state index in [1.807, 2.05) is 0 Å². The molecule has 8 nitrogen and oxygen atoms in total. The maximum absolute atomic E-state index is 13.4. The number of hydrogen-bond donors (Lipinski definition) is 1. The molecule has 0 bridgehead atoms. The van der Waals surface area contributed by atoms with Crippen molar-refractivity contribution >= 4 is 17.8 Å². The molecule has 3 atom stereocenters. The smallest absolute Gasteiger partial charge is 0.416 e. The lowest BCUT2D eigenvalue weighted by atomic mass is 9.92. The zero-order valence-corrected chi connectivity index (χ0v) is 20.9. The Hall–Kier alpha value is -4.54. The third-order valence-electron chi connectivity index (χ3n) is 6.08. The van der Waals surface area contributed by atoms with E-state index in [0.29, 0.717) is 5.75 Å². The summed E-state index contributed by atoms with van der Waals surface area (Å²) >= 11 is 0. The van der Waals surface area contributed by atoms with E-state index in [0.717, 1.165) is 30.9 Å². The van der Waals surface area contributed by atoms with Gasteiger partial charge in [-0.2, -0.15) is 13.2 Å². The predicted octanol–water partition coefficient (Wildman–Crippen LogP) is 4.91. The number of Topliss-reactive ketones (excluding diaryl/α,β-unsaturated/α-hetero) is 1. The van der Waals surface area contributed by atoms with Gasteiger partial charge in [0.1, 0.15) is 17.5 Å². The number of alkyl carbamates (subject to hydrolysis) is 1. The zero-order valence-electron chi connectivity index (χ0n) is 20.9. The molecule has 0 saturated heterocycles. The van der Waals surface area contributed by atoms with E-state index in [9.17, 15) is 27.6 Å². The number of methoxy groups -OCH3 is 2. The first kappa shape index (κ1) is 27.5. The molecule has 39 heavy (non-hydrogen) atoms. The van der Waals surface area contributed by atoms with Gasteiger partial charge in [-0.3, -0.25) is 4.79 Å². The average molecular weight is 543 g/mol. The Morgan fingerprint density at radius 2 is 1.74 bits per heavy atom. The van der Waals surface area contributed by atoms with Gasteiger partial charge in [0.15, 0.2) is 6.10 Å². The van der Waals surface area contributed by atoms with Crippen LogP contribution in [0.1, 0.15) is 33.2 Å². The molecule has 1 heterocycles. The average Bonchev–Trinajstić information content (AvgIpc) is 2.93. The van der Waals surface area contributed by atoms with Gasteiger partial charge in [0.25, 0.3) is 0 Å². The summed E-state index contributed by atoms with van der Waals surface area (Å²) in [6.45, 7) is 0. The van der Waals surface area contributed by atoms with Crippen molar-refractivity contribution in [3.8, 4) is 11.5 Å². The molecule has 0 spiro atoms. The summed E-state index contributed by atoms with van der Waals surface area (Å²) in [6, 6.07) is 16.1. The Morgan fingerprint density at radius 3 is 2.41 bits per heavy atom. The number of alkyl halides is 3. The van der Waals surface area contributed by atoms with E-state index in [1.54, 1.807) is 30.3 Å². The third-order valence-corrected chi connectivity index (χ3v) is 6.08. The van der Waals surface area contributed by atoms with Gasteiger partial charge < -0.3 is 24.3 Å². The summed E-state index contributed by atoms with van der Waals surface area (Å²) in [5.74, 6) is -1.05. The minimum Gasteiger partial charge on any atom is -0.497 e. The van der Waals surface area contributed by atoms with E-state index in [1.165, 1.54) is 31.4 Å². The number of ketones is 1. The van der Waals surface area contributed by atoms with Crippen LogP contribution in [-0.4, -0.2) is 44.2 Å². The largest absolute Gasteiger partial charge is 0.497 e. The topological polar surface area (TPSA) is 100 Å². The predicted molar refractivity (Wildman–Crippen MR) is 131 cm³/mol. The standard InChI is InChI=1S/C28H24F3NO7/c1-36-19-11-12-20-22(15-19)38-24(17-9-6-10-18(14-17)28(29,30)31)25(23(20)33)39-27(35)32-21(26(34)37-2)13-16-7-4-3-5-8-16/h3-12,14-15,21,24-25H,13H2,1-2H3,(H,32,35)/t21-,24-,25+/m0/s1. The van der Waals surface area contributed by atoms with Crippen LogP contribution >= 0.6 is 0 Å². The molecule has 1 aliphatic heterocycles. The lowest BCUT2D eigenvalue weighted by Crippen LogP contribution is -2.47. The number of rotatable bonds is 7. The first-order valence-electron chi connectivity index (χ1n) is 11.8. The molecule has 11 heteroatoms. The van der Waals surface area contributed by atoms with E-state index >= 15 is 0 Å². The lowest BCUT2D eigenvalue weighted by molar-refractivity contribution is -0.143. The van der Waals surface area contributed by atoms with Crippen LogP contribution in [0.5, 0.6) is 11.5 Å². The number of benzene rings is 3. The molecule has 0 fully saturated rings. The second kappa shape index (κ2) is 11.5. The summed E-state index contributed by atoms with van der Waals surface area (Å²) in [6.07, 6.45) is -8.83. The molecule has 0 aromatic heterocycles. The normalized spacial score (nSPS) is 17.3. The molecule has 0 unspecified atom stereocenters. The number of amides is 1. The Morgan fingerprint density at radius 1 is 1.00 bits per heavy atom. The SMILES string of the molecule is COC(=O)[C@H](Cc1ccccc1)NC(=O)O[C@@H]1C(=O)c2ccc(OC)cc2O[C@H]1c1cccc(C(F)(F)F)c1. The van der Waals surface area contributed by atoms with E-state index < -0.39 is 47.8 Å². The molecule has 1 N–H and O–H groups in total. The van der Waals surface area contributed by atoms with Crippen molar-refractivity contribution < 1.29 is 46.5 Å². The lowest BCUT2D eigenvalue weighted by Gasteiger charge is -2.33. The quantitative estimate of drug-likeness (QED) is 0.423. The fraction of sp³-hybridized carbons (Fsp3) is 0.250. The van der Waals surface area contributed by atoms with Crippen LogP contribution in [0.25, 0.3) is 0 Å². The maximum Gasteiger partial charge on any atom is 0.416 e. The van der Waals surface area contributed by atoms with Crippen molar-refractivity contribution in [1.29, 1.82) is 0 Å². The summed E-state index contributed by atoms with van der Waals surface area (Å²) in [7, 11) is 2.56. The van der Waals surface area contributed by atoms with Crippen molar-refractivity contribution in [3.05, 3.63) is 95.1 Å². The minimum absolute atomic E-state index is 0.0433. The first-order chi connectivity index (χ1) is 18.6. The van der Waals surface area contributed by atoms with Crippen LogP contribution in [0, 0.1) is 0 Å². The Kier molecular flexibility index (Phi) is 8.08. The van der Waals surface area contributed by atoms with Crippen LogP contribution in [0.15, 0.2) is 72.8 Å². The fourth-order valence-electron chi connectivity index (χ4n) is 4.15. The van der Waals surface area contributed by atoms with Gasteiger partial charge in [0.2, 0.25) is 11.9 Å². The number of hydrogen-bond acceptors (Lipinski definition) is 7. The van der Waals surface area contributed by atoms with Crippen molar-refractivity contribution in [3.63, 3.8) is 0 Å². The molecular weight excluding hydrogens is 519 g/mol. The maximum atomic E-state index is 13.4. The van der Waals surface area contributed by atoms with Crippen molar-refractivity contribution in [2.45, 2.75) is 30.8 Å². The van der Waals surface area contributed by atoms with Gasteiger partial charge in [-0.15, -0.1) is 0 Å². The Balaban J connectivity index is 1.65. The van der Waals surface area contributed by atoms with Crippen LogP contribution in [0.4, 0.5) is 18.0 Å². The molecule has 0 saturated carbocycles. The van der Waals surface area contributed by atoms with Gasteiger partial charge in [0, 0.05) is 12.5 Å². The Labute approximate surface area is 221 Å². The second-order valence-electron chi connectivity index (χ2n) is 8.62. The van der Waals surface area contributed by atoms with Crippen LogP contribution in [0.2, 0.25) is 0 Å². The molecule has 1 aliphatic rings. The van der Waals surface area contributed by atoms with Gasteiger partial charge in [-0.25, -0.2) is 9.59 Å². The highest BCUT2D eigenvalue weighted by atomic mass is 19.4. The second-order valence-corrected chi connectivity index (χ2v) is 8.62. The van der Waals surface area contributed by atoms with Gasteiger partial charge in [0.05, 0.1) is 25.3 Å². The first-order valence-corrected chi connectivity index (χ1v) is 11.8. The van der Waals surface area contributed by atoms with Crippen LogP contribution in [-0.2, 0) is 26.9 Å². The highest BCUT2D eigenvalue weighted by Crippen LogP contribution is 2.40. The summed E-state index contributed by atoms with van der Waals surface area (Å²) in [4.78, 5) is 38.7. The molecule has 0 aliphatic carbocycles. The van der Waals surface area contributed by atoms with E-state index in [-0.39, 0.29) is 23.3 Å². The molecule has 1 amide bonds. The highest BCUT2D eigenvalue weighted by Gasteiger charge is 2.43. The van der Waals surface area contributed by atoms with E-state index in [4.69, 9.17) is 18.9 Å². The number of halogens is 3.